The van der Waals surface area contributed by atoms with Crippen molar-refractivity contribution in [3.05, 3.63) is 35.4 Å². The van der Waals surface area contributed by atoms with Crippen molar-refractivity contribution in [3.63, 3.8) is 0 Å². The first-order chi connectivity index (χ1) is 8.45. The first-order valence-electron chi connectivity index (χ1n) is 6.39. The van der Waals surface area contributed by atoms with Gasteiger partial charge < -0.3 is 4.74 Å². The number of benzene rings is 1. The normalized spacial score (nSPS) is 14.3. The van der Waals surface area contributed by atoms with Gasteiger partial charge in [0, 0.05) is 6.04 Å². The Morgan fingerprint density at radius 2 is 1.56 bits per heavy atom. The maximum Gasteiger partial charge on any atom is 0.322 e. The zero-order chi connectivity index (χ0) is 13.7. The topological polar surface area (TPSA) is 38.3 Å². The van der Waals surface area contributed by atoms with E-state index >= 15 is 0 Å². The van der Waals surface area contributed by atoms with Gasteiger partial charge in [-0.05, 0) is 30.9 Å². The highest BCUT2D eigenvalue weighted by Gasteiger charge is 2.16. The van der Waals surface area contributed by atoms with Gasteiger partial charge in [-0.2, -0.15) is 0 Å². The van der Waals surface area contributed by atoms with E-state index < -0.39 is 0 Å². The summed E-state index contributed by atoms with van der Waals surface area (Å²) in [5, 5.41) is 3.22. The Labute approximate surface area is 110 Å². The minimum Gasteiger partial charge on any atom is -0.468 e. The van der Waals surface area contributed by atoms with E-state index in [1.165, 1.54) is 18.2 Å². The van der Waals surface area contributed by atoms with Crippen molar-refractivity contribution in [1.82, 2.24) is 5.32 Å². The van der Waals surface area contributed by atoms with Gasteiger partial charge in [-0.25, -0.2) is 0 Å². The molecule has 18 heavy (non-hydrogen) atoms. The van der Waals surface area contributed by atoms with Crippen LogP contribution in [0.5, 0.6) is 0 Å². The van der Waals surface area contributed by atoms with Crippen molar-refractivity contribution >= 4 is 5.97 Å². The van der Waals surface area contributed by atoms with E-state index in [4.69, 9.17) is 4.74 Å². The maximum absolute atomic E-state index is 11.3. The van der Waals surface area contributed by atoms with Crippen molar-refractivity contribution in [2.45, 2.75) is 45.7 Å². The Kier molecular flexibility index (Phi) is 5.35. The number of hydrogen-bond donors (Lipinski definition) is 1. The summed E-state index contributed by atoms with van der Waals surface area (Å²) in [4.78, 5) is 11.3. The fraction of sp³-hybridized carbons (Fsp3) is 0.533. The van der Waals surface area contributed by atoms with Gasteiger partial charge in [0.1, 0.15) is 6.04 Å². The lowest BCUT2D eigenvalue weighted by atomic mass is 9.99. The molecule has 3 nitrogen and oxygen atoms in total. The van der Waals surface area contributed by atoms with E-state index in [2.05, 4.69) is 43.4 Å². The number of nitrogens with one attached hydrogen (secondary N) is 1. The highest BCUT2D eigenvalue weighted by Crippen LogP contribution is 2.18. The molecule has 0 amide bonds. The van der Waals surface area contributed by atoms with E-state index in [-0.39, 0.29) is 18.1 Å². The molecule has 0 aliphatic carbocycles. The number of carbonyl (C=O) groups is 1. The molecule has 0 radical (unpaired) electrons. The molecule has 0 aliphatic heterocycles. The molecule has 100 valence electrons. The number of carbonyl (C=O) groups excluding carboxylic acids is 1. The highest BCUT2D eigenvalue weighted by atomic mass is 16.5. The summed E-state index contributed by atoms with van der Waals surface area (Å²) in [5.74, 6) is 0.303. The lowest BCUT2D eigenvalue weighted by Crippen LogP contribution is -2.36. The smallest absolute Gasteiger partial charge is 0.322 e. The lowest BCUT2D eigenvalue weighted by Gasteiger charge is -2.19. The molecule has 1 aromatic carbocycles. The van der Waals surface area contributed by atoms with Crippen LogP contribution in [0.4, 0.5) is 0 Å². The average molecular weight is 249 g/mol. The molecule has 0 aliphatic rings. The largest absolute Gasteiger partial charge is 0.468 e. The third-order valence-electron chi connectivity index (χ3n) is 3.16. The molecule has 0 saturated carbocycles. The highest BCUT2D eigenvalue weighted by molar-refractivity contribution is 5.75. The minimum absolute atomic E-state index is 0.125. The molecule has 1 aromatic rings. The van der Waals surface area contributed by atoms with Gasteiger partial charge in [-0.15, -0.1) is 0 Å². The first kappa shape index (κ1) is 14.7. The van der Waals surface area contributed by atoms with Gasteiger partial charge in [-0.3, -0.25) is 10.1 Å². The second-order valence-corrected chi connectivity index (χ2v) is 4.95. The van der Waals surface area contributed by atoms with Crippen molar-refractivity contribution in [3.8, 4) is 0 Å². The van der Waals surface area contributed by atoms with Crippen LogP contribution in [0.3, 0.4) is 0 Å². The first-order valence-corrected chi connectivity index (χ1v) is 6.39. The van der Waals surface area contributed by atoms with Crippen molar-refractivity contribution in [2.75, 3.05) is 7.11 Å². The molecule has 0 bridgehead atoms. The number of rotatable bonds is 5. The van der Waals surface area contributed by atoms with Gasteiger partial charge in [-0.1, -0.05) is 38.1 Å². The molecule has 1 rings (SSSR count). The van der Waals surface area contributed by atoms with E-state index in [9.17, 15) is 4.79 Å². The summed E-state index contributed by atoms with van der Waals surface area (Å²) < 4.78 is 4.70. The molecule has 0 aromatic heterocycles. The Balaban J connectivity index is 2.67. The van der Waals surface area contributed by atoms with Crippen LogP contribution in [0.2, 0.25) is 0 Å². The van der Waals surface area contributed by atoms with E-state index in [1.807, 2.05) is 13.8 Å². The molecule has 0 fully saturated rings. The second kappa shape index (κ2) is 6.55. The molecule has 3 heteroatoms. The van der Waals surface area contributed by atoms with Crippen LogP contribution in [0.1, 0.15) is 50.8 Å². The van der Waals surface area contributed by atoms with Gasteiger partial charge in [0.15, 0.2) is 0 Å². The third kappa shape index (κ3) is 3.84. The zero-order valence-corrected chi connectivity index (χ0v) is 11.9. The molecule has 0 saturated heterocycles. The van der Waals surface area contributed by atoms with Gasteiger partial charge in [0.2, 0.25) is 0 Å². The average Bonchev–Trinajstić information content (AvgIpc) is 2.37. The predicted octanol–water partition coefficient (Wildman–Crippen LogP) is 3.02. The summed E-state index contributed by atoms with van der Waals surface area (Å²) in [7, 11) is 1.41. The third-order valence-corrected chi connectivity index (χ3v) is 3.16. The molecule has 2 atom stereocenters. The Hall–Kier alpha value is -1.35. The van der Waals surface area contributed by atoms with Crippen LogP contribution >= 0.6 is 0 Å². The van der Waals surface area contributed by atoms with Gasteiger partial charge >= 0.3 is 5.97 Å². The minimum atomic E-state index is -0.297. The predicted molar refractivity (Wildman–Crippen MR) is 73.6 cm³/mol. The summed E-state index contributed by atoms with van der Waals surface area (Å²) >= 11 is 0. The monoisotopic (exact) mass is 249 g/mol. The fourth-order valence-corrected chi connectivity index (χ4v) is 1.89. The molecular weight excluding hydrogens is 226 g/mol. The molecule has 1 N–H and O–H groups in total. The molecule has 0 heterocycles. The number of methoxy groups -OCH3 is 1. The Morgan fingerprint density at radius 3 is 2.00 bits per heavy atom. The van der Waals surface area contributed by atoms with E-state index in [1.54, 1.807) is 0 Å². The molecule has 1 unspecified atom stereocenters. The second-order valence-electron chi connectivity index (χ2n) is 4.95. The summed E-state index contributed by atoms with van der Waals surface area (Å²) in [5.41, 5.74) is 2.50. The van der Waals surface area contributed by atoms with Crippen molar-refractivity contribution < 1.29 is 9.53 Å². The van der Waals surface area contributed by atoms with Crippen LogP contribution in [0.15, 0.2) is 24.3 Å². The van der Waals surface area contributed by atoms with Crippen LogP contribution in [0, 0.1) is 0 Å². The summed E-state index contributed by atoms with van der Waals surface area (Å²) in [6.45, 7) is 8.21. The van der Waals surface area contributed by atoms with Crippen LogP contribution in [0.25, 0.3) is 0 Å². The van der Waals surface area contributed by atoms with Crippen molar-refractivity contribution in [1.29, 1.82) is 0 Å². The van der Waals surface area contributed by atoms with Crippen LogP contribution < -0.4 is 5.32 Å². The number of ether oxygens (including phenoxy) is 1. The lowest BCUT2D eigenvalue weighted by molar-refractivity contribution is -0.142. The van der Waals surface area contributed by atoms with E-state index in [0.717, 1.165) is 0 Å². The van der Waals surface area contributed by atoms with Crippen LogP contribution in [-0.2, 0) is 9.53 Å². The summed E-state index contributed by atoms with van der Waals surface area (Å²) in [6.07, 6.45) is 0. The number of esters is 1. The van der Waals surface area contributed by atoms with Gasteiger partial charge in [0.25, 0.3) is 0 Å². The molecule has 0 spiro atoms. The number of hydrogen-bond acceptors (Lipinski definition) is 3. The SMILES string of the molecule is COC(=O)[C@H](C)NC(C)c1ccc(C(C)C)cc1. The fourth-order valence-electron chi connectivity index (χ4n) is 1.89. The van der Waals surface area contributed by atoms with Gasteiger partial charge in [0.05, 0.1) is 7.11 Å². The van der Waals surface area contributed by atoms with Crippen molar-refractivity contribution in [2.24, 2.45) is 0 Å². The Bertz CT molecular complexity index is 384. The van der Waals surface area contributed by atoms with E-state index in [0.29, 0.717) is 5.92 Å². The maximum atomic E-state index is 11.3. The Morgan fingerprint density at radius 1 is 1.06 bits per heavy atom. The van der Waals surface area contributed by atoms with Crippen LogP contribution in [-0.4, -0.2) is 19.1 Å². The summed E-state index contributed by atoms with van der Waals surface area (Å²) in [6, 6.07) is 8.32. The zero-order valence-electron chi connectivity index (χ0n) is 11.9. The molecular formula is C15H23NO2. The quantitative estimate of drug-likeness (QED) is 0.815. The standard InChI is InChI=1S/C15H23NO2/c1-10(2)13-6-8-14(9-7-13)11(3)16-12(4)15(17)18-5/h6-12,16H,1-5H3/t11?,12-/m0/s1.